The molecule has 0 bridgehead atoms. The van der Waals surface area contributed by atoms with Crippen LogP contribution in [0.5, 0.6) is 0 Å². The summed E-state index contributed by atoms with van der Waals surface area (Å²) in [5.74, 6) is -0.910. The molecule has 8 heteroatoms. The van der Waals surface area contributed by atoms with Crippen molar-refractivity contribution in [3.05, 3.63) is 50.1 Å². The van der Waals surface area contributed by atoms with E-state index in [4.69, 9.17) is 10.5 Å². The summed E-state index contributed by atoms with van der Waals surface area (Å²) in [4.78, 5) is 29.3. The van der Waals surface area contributed by atoms with Gasteiger partial charge < -0.3 is 15.0 Å². The molecular weight excluding hydrogens is 370 g/mol. The number of nitrogens with zero attached hydrogens (tertiary/aromatic N) is 2. The molecule has 0 atom stereocenters. The van der Waals surface area contributed by atoms with Crippen LogP contribution >= 0.6 is 22.7 Å². The molecule has 0 fully saturated rings. The van der Waals surface area contributed by atoms with E-state index in [0.29, 0.717) is 29.4 Å². The Hall–Kier alpha value is -2.45. The number of esters is 1. The quantitative estimate of drug-likeness (QED) is 0.627. The van der Waals surface area contributed by atoms with Gasteiger partial charge in [-0.1, -0.05) is 6.07 Å². The molecule has 6 nitrogen and oxygen atoms in total. The lowest BCUT2D eigenvalue weighted by atomic mass is 10.2. The van der Waals surface area contributed by atoms with E-state index >= 15 is 0 Å². The molecule has 3 aromatic rings. The van der Waals surface area contributed by atoms with E-state index in [1.54, 1.807) is 29.7 Å². The van der Waals surface area contributed by atoms with Gasteiger partial charge in [0.1, 0.15) is 0 Å². The van der Waals surface area contributed by atoms with Crippen LogP contribution in [0.1, 0.15) is 37.7 Å². The number of nitrogens with two attached hydrogens (primary N) is 1. The standard InChI is InChI=1S/C18H19N3O3S2/c1-3-24-18(23)17-20-14(10-26-17)15-9-13(16(19)22)11(2)21(15)7-6-12-5-4-8-25-12/h4-5,8-10H,3,6-7H2,1-2H3,(H2,19,22). The number of rotatable bonds is 7. The third kappa shape index (κ3) is 3.71. The lowest BCUT2D eigenvalue weighted by Crippen LogP contribution is -2.13. The van der Waals surface area contributed by atoms with E-state index < -0.39 is 11.9 Å². The SMILES string of the molecule is CCOC(=O)c1nc(-c2cc(C(N)=O)c(C)n2CCc2cccs2)cs1. The van der Waals surface area contributed by atoms with Gasteiger partial charge in [-0.25, -0.2) is 9.78 Å². The van der Waals surface area contributed by atoms with E-state index in [1.807, 2.05) is 22.9 Å². The monoisotopic (exact) mass is 389 g/mol. The van der Waals surface area contributed by atoms with Crippen LogP contribution in [0.25, 0.3) is 11.4 Å². The maximum Gasteiger partial charge on any atom is 0.367 e. The van der Waals surface area contributed by atoms with Crippen LogP contribution in [-0.4, -0.2) is 28.0 Å². The van der Waals surface area contributed by atoms with Gasteiger partial charge in [0.25, 0.3) is 5.91 Å². The van der Waals surface area contributed by atoms with E-state index in [-0.39, 0.29) is 0 Å². The predicted octanol–water partition coefficient (Wildman–Crippen LogP) is 3.50. The number of hydrogen-bond acceptors (Lipinski definition) is 6. The Morgan fingerprint density at radius 3 is 2.81 bits per heavy atom. The van der Waals surface area contributed by atoms with Gasteiger partial charge in [0.05, 0.1) is 23.6 Å². The molecule has 0 radical (unpaired) electrons. The second-order valence-electron chi connectivity index (χ2n) is 5.63. The van der Waals surface area contributed by atoms with Crippen LogP contribution in [-0.2, 0) is 17.7 Å². The van der Waals surface area contributed by atoms with Crippen LogP contribution in [0.15, 0.2) is 29.0 Å². The highest BCUT2D eigenvalue weighted by Gasteiger charge is 2.20. The molecule has 3 aromatic heterocycles. The molecule has 0 aliphatic rings. The second-order valence-corrected chi connectivity index (χ2v) is 7.52. The van der Waals surface area contributed by atoms with Crippen molar-refractivity contribution in [3.63, 3.8) is 0 Å². The lowest BCUT2D eigenvalue weighted by molar-refractivity contribution is 0.0526. The van der Waals surface area contributed by atoms with Crippen LogP contribution in [0.4, 0.5) is 0 Å². The van der Waals surface area contributed by atoms with Gasteiger partial charge in [-0.3, -0.25) is 4.79 Å². The number of thiophene rings is 1. The van der Waals surface area contributed by atoms with Crippen molar-refractivity contribution in [2.45, 2.75) is 26.8 Å². The Kier molecular flexibility index (Phi) is 5.53. The van der Waals surface area contributed by atoms with E-state index in [0.717, 1.165) is 17.8 Å². The summed E-state index contributed by atoms with van der Waals surface area (Å²) in [5, 5.41) is 4.14. The van der Waals surface area contributed by atoms with Crippen molar-refractivity contribution in [3.8, 4) is 11.4 Å². The number of thiazole rings is 1. The molecule has 2 N–H and O–H groups in total. The molecule has 0 saturated heterocycles. The number of amides is 1. The smallest absolute Gasteiger partial charge is 0.367 e. The van der Waals surface area contributed by atoms with Gasteiger partial charge in [-0.15, -0.1) is 22.7 Å². The first-order valence-electron chi connectivity index (χ1n) is 8.16. The number of aryl methyl sites for hydroxylation is 1. The summed E-state index contributed by atoms with van der Waals surface area (Å²) >= 11 is 2.92. The highest BCUT2D eigenvalue weighted by Crippen LogP contribution is 2.28. The van der Waals surface area contributed by atoms with Gasteiger partial charge >= 0.3 is 5.97 Å². The number of carbonyl (C=O) groups is 2. The summed E-state index contributed by atoms with van der Waals surface area (Å²) < 4.78 is 7.03. The van der Waals surface area contributed by atoms with Crippen molar-refractivity contribution < 1.29 is 14.3 Å². The number of ether oxygens (including phenoxy) is 1. The zero-order valence-electron chi connectivity index (χ0n) is 14.5. The maximum atomic E-state index is 11.9. The fourth-order valence-corrected chi connectivity index (χ4v) is 4.15. The summed E-state index contributed by atoms with van der Waals surface area (Å²) in [6, 6.07) is 5.85. The Bertz CT molecular complexity index is 926. The maximum absolute atomic E-state index is 11.9. The van der Waals surface area contributed by atoms with Crippen molar-refractivity contribution in [2.24, 2.45) is 5.73 Å². The Morgan fingerprint density at radius 1 is 1.35 bits per heavy atom. The molecule has 0 aromatic carbocycles. The van der Waals surface area contributed by atoms with Gasteiger partial charge in [0, 0.05) is 22.5 Å². The Labute approximate surface area is 159 Å². The first kappa shape index (κ1) is 18.3. The predicted molar refractivity (Wildman–Crippen MR) is 103 cm³/mol. The fourth-order valence-electron chi connectivity index (χ4n) is 2.75. The second kappa shape index (κ2) is 7.84. The lowest BCUT2D eigenvalue weighted by Gasteiger charge is -2.10. The highest BCUT2D eigenvalue weighted by atomic mass is 32.1. The molecule has 3 heterocycles. The number of carbonyl (C=O) groups excluding carboxylic acids is 2. The van der Waals surface area contributed by atoms with Gasteiger partial charge in [0.2, 0.25) is 5.01 Å². The molecule has 0 unspecified atom stereocenters. The minimum atomic E-state index is -0.473. The molecule has 26 heavy (non-hydrogen) atoms. The molecule has 136 valence electrons. The zero-order valence-corrected chi connectivity index (χ0v) is 16.2. The number of aromatic nitrogens is 2. The van der Waals surface area contributed by atoms with E-state index in [1.165, 1.54) is 16.2 Å². The summed E-state index contributed by atoms with van der Waals surface area (Å²) in [5.41, 5.74) is 8.20. The van der Waals surface area contributed by atoms with Crippen LogP contribution in [0.2, 0.25) is 0 Å². The van der Waals surface area contributed by atoms with Crippen molar-refractivity contribution in [2.75, 3.05) is 6.61 Å². The molecule has 0 aliphatic carbocycles. The number of hydrogen-bond donors (Lipinski definition) is 1. The Balaban J connectivity index is 1.95. The molecular formula is C18H19N3O3S2. The van der Waals surface area contributed by atoms with Crippen molar-refractivity contribution in [1.29, 1.82) is 0 Å². The minimum absolute atomic E-state index is 0.297. The zero-order chi connectivity index (χ0) is 18.7. The van der Waals surface area contributed by atoms with Crippen LogP contribution < -0.4 is 5.73 Å². The third-order valence-electron chi connectivity index (χ3n) is 4.01. The molecule has 3 rings (SSSR count). The molecule has 0 saturated carbocycles. The molecule has 1 amide bonds. The first-order valence-corrected chi connectivity index (χ1v) is 9.92. The average molecular weight is 390 g/mol. The molecule has 0 spiro atoms. The van der Waals surface area contributed by atoms with E-state index in [2.05, 4.69) is 11.1 Å². The Morgan fingerprint density at radius 2 is 2.15 bits per heavy atom. The summed E-state index contributed by atoms with van der Waals surface area (Å²) in [6.45, 7) is 4.62. The average Bonchev–Trinajstić information content (AvgIpc) is 3.33. The third-order valence-corrected chi connectivity index (χ3v) is 5.77. The van der Waals surface area contributed by atoms with Crippen LogP contribution in [0.3, 0.4) is 0 Å². The first-order chi connectivity index (χ1) is 12.5. The molecule has 0 aliphatic heterocycles. The largest absolute Gasteiger partial charge is 0.461 e. The summed E-state index contributed by atoms with van der Waals surface area (Å²) in [6.07, 6.45) is 0.841. The topological polar surface area (TPSA) is 87.2 Å². The van der Waals surface area contributed by atoms with Crippen molar-refractivity contribution >= 4 is 34.6 Å². The fraction of sp³-hybridized carbons (Fsp3) is 0.278. The van der Waals surface area contributed by atoms with Gasteiger partial charge in [-0.05, 0) is 37.8 Å². The summed E-state index contributed by atoms with van der Waals surface area (Å²) in [7, 11) is 0. The van der Waals surface area contributed by atoms with Gasteiger partial charge in [0.15, 0.2) is 0 Å². The van der Waals surface area contributed by atoms with Crippen molar-refractivity contribution in [1.82, 2.24) is 9.55 Å². The normalized spacial score (nSPS) is 10.8. The van der Waals surface area contributed by atoms with Gasteiger partial charge in [-0.2, -0.15) is 0 Å². The van der Waals surface area contributed by atoms with E-state index in [9.17, 15) is 9.59 Å². The minimum Gasteiger partial charge on any atom is -0.461 e. The number of primary amides is 1. The van der Waals surface area contributed by atoms with Crippen LogP contribution in [0, 0.1) is 6.92 Å². The highest BCUT2D eigenvalue weighted by molar-refractivity contribution is 7.12.